The number of benzene rings is 2. The fourth-order valence-electron chi connectivity index (χ4n) is 3.40. The number of rotatable bonds is 7. The van der Waals surface area contributed by atoms with Crippen LogP contribution in [0.2, 0.25) is 0 Å². The number of amides is 1. The van der Waals surface area contributed by atoms with E-state index in [9.17, 15) is 14.4 Å². The Morgan fingerprint density at radius 2 is 1.91 bits per heavy atom. The van der Waals surface area contributed by atoms with Gasteiger partial charge in [-0.3, -0.25) is 9.59 Å². The predicted molar refractivity (Wildman–Crippen MR) is 125 cm³/mol. The molecular formula is C24H22N2O7S. The van der Waals surface area contributed by atoms with Crippen LogP contribution in [0.5, 0.6) is 5.75 Å². The number of furan rings is 1. The van der Waals surface area contributed by atoms with Crippen LogP contribution in [0, 0.1) is 0 Å². The molecule has 4 rings (SSSR count). The molecule has 0 aliphatic carbocycles. The van der Waals surface area contributed by atoms with Crippen molar-refractivity contribution in [2.75, 3.05) is 20.3 Å². The highest BCUT2D eigenvalue weighted by Gasteiger charge is 2.18. The molecule has 2 aromatic heterocycles. The van der Waals surface area contributed by atoms with Crippen LogP contribution in [-0.2, 0) is 20.8 Å². The highest BCUT2D eigenvalue weighted by Crippen LogP contribution is 2.29. The first-order chi connectivity index (χ1) is 16.4. The summed E-state index contributed by atoms with van der Waals surface area (Å²) in [6, 6.07) is 11.9. The van der Waals surface area contributed by atoms with Crippen LogP contribution in [0.25, 0.3) is 21.2 Å². The van der Waals surface area contributed by atoms with Gasteiger partial charge in [-0.25, -0.2) is 4.79 Å². The largest absolute Gasteiger partial charge is 0.490 e. The summed E-state index contributed by atoms with van der Waals surface area (Å²) in [7, 11) is 1.28. The number of esters is 2. The number of ether oxygens (including phenoxy) is 3. The van der Waals surface area contributed by atoms with Gasteiger partial charge in [-0.15, -0.1) is 0 Å². The first-order valence-electron chi connectivity index (χ1n) is 10.6. The third kappa shape index (κ3) is 4.58. The van der Waals surface area contributed by atoms with Gasteiger partial charge < -0.3 is 23.2 Å². The highest BCUT2D eigenvalue weighted by molar-refractivity contribution is 7.16. The lowest BCUT2D eigenvalue weighted by molar-refractivity contribution is -0.141. The summed E-state index contributed by atoms with van der Waals surface area (Å²) in [5, 5.41) is 0.711. The molecule has 9 nitrogen and oxygen atoms in total. The van der Waals surface area contributed by atoms with Crippen molar-refractivity contribution in [1.82, 2.24) is 4.57 Å². The Hall–Kier alpha value is -3.92. The summed E-state index contributed by atoms with van der Waals surface area (Å²) in [6.07, 6.45) is 0. The lowest BCUT2D eigenvalue weighted by atomic mass is 10.2. The van der Waals surface area contributed by atoms with Crippen LogP contribution in [0.1, 0.15) is 34.8 Å². The Morgan fingerprint density at radius 3 is 2.65 bits per heavy atom. The number of hydrogen-bond donors (Lipinski definition) is 0. The fourth-order valence-corrected chi connectivity index (χ4v) is 4.47. The quantitative estimate of drug-likeness (QED) is 0.367. The molecule has 4 aromatic rings. The van der Waals surface area contributed by atoms with Crippen molar-refractivity contribution >= 4 is 50.4 Å². The van der Waals surface area contributed by atoms with Crippen molar-refractivity contribution < 1.29 is 33.0 Å². The number of carbonyl (C=O) groups is 3. The molecule has 0 bridgehead atoms. The second-order valence-electron chi connectivity index (χ2n) is 7.09. The van der Waals surface area contributed by atoms with Crippen molar-refractivity contribution in [1.29, 1.82) is 0 Å². The van der Waals surface area contributed by atoms with Crippen LogP contribution in [0.15, 0.2) is 51.9 Å². The molecule has 0 aliphatic heterocycles. The number of para-hydroxylation sites is 1. The molecular weight excluding hydrogens is 460 g/mol. The molecule has 0 radical (unpaired) electrons. The minimum absolute atomic E-state index is 0.0384. The zero-order chi connectivity index (χ0) is 24.2. The van der Waals surface area contributed by atoms with Crippen molar-refractivity contribution in [3.05, 3.63) is 58.6 Å². The second kappa shape index (κ2) is 9.92. The summed E-state index contributed by atoms with van der Waals surface area (Å²) in [6.45, 7) is 4.13. The lowest BCUT2D eigenvalue weighted by Gasteiger charge is -2.05. The molecule has 34 heavy (non-hydrogen) atoms. The van der Waals surface area contributed by atoms with Gasteiger partial charge in [-0.05, 0) is 44.2 Å². The van der Waals surface area contributed by atoms with E-state index in [1.165, 1.54) is 7.11 Å². The van der Waals surface area contributed by atoms with Crippen molar-refractivity contribution in [2.45, 2.75) is 20.4 Å². The summed E-state index contributed by atoms with van der Waals surface area (Å²) >= 11 is 1.16. The number of carbonyl (C=O) groups excluding carboxylic acids is 3. The molecule has 0 saturated heterocycles. The zero-order valence-corrected chi connectivity index (χ0v) is 19.6. The lowest BCUT2D eigenvalue weighted by Crippen LogP contribution is -2.22. The molecule has 2 heterocycles. The SMILES string of the molecule is CCOC(=O)c1ccc2c(c1)sc(=NC(=O)c1cc3cccc(OCC)c3o1)n2CC(=O)OC. The number of thiazole rings is 1. The van der Waals surface area contributed by atoms with Gasteiger partial charge in [0.15, 0.2) is 21.9 Å². The van der Waals surface area contributed by atoms with E-state index in [4.69, 9.17) is 18.6 Å². The molecule has 0 saturated carbocycles. The third-order valence-corrected chi connectivity index (χ3v) is 5.97. The van der Waals surface area contributed by atoms with Gasteiger partial charge in [0.2, 0.25) is 0 Å². The fraction of sp³-hybridized carbons (Fsp3) is 0.250. The zero-order valence-electron chi connectivity index (χ0n) is 18.8. The molecule has 1 amide bonds. The summed E-state index contributed by atoms with van der Waals surface area (Å²) in [5.41, 5.74) is 1.44. The van der Waals surface area contributed by atoms with Crippen molar-refractivity contribution in [3.8, 4) is 5.75 Å². The molecule has 0 N–H and O–H groups in total. The van der Waals surface area contributed by atoms with Gasteiger partial charge >= 0.3 is 17.8 Å². The Labute approximate surface area is 198 Å². The maximum atomic E-state index is 13.0. The Kier molecular flexibility index (Phi) is 6.78. The highest BCUT2D eigenvalue weighted by atomic mass is 32.1. The van der Waals surface area contributed by atoms with Crippen molar-refractivity contribution in [3.63, 3.8) is 0 Å². The third-order valence-electron chi connectivity index (χ3n) is 4.92. The predicted octanol–water partition coefficient (Wildman–Crippen LogP) is 3.94. The Bertz CT molecular complexity index is 1460. The average Bonchev–Trinajstić information content (AvgIpc) is 3.41. The summed E-state index contributed by atoms with van der Waals surface area (Å²) in [5.74, 6) is -1.01. The number of nitrogens with zero attached hydrogens (tertiary/aromatic N) is 2. The van der Waals surface area contributed by atoms with E-state index >= 15 is 0 Å². The molecule has 0 atom stereocenters. The molecule has 10 heteroatoms. The maximum Gasteiger partial charge on any atom is 0.338 e. The Balaban J connectivity index is 1.80. The van der Waals surface area contributed by atoms with E-state index in [0.29, 0.717) is 39.1 Å². The second-order valence-corrected chi connectivity index (χ2v) is 8.09. The van der Waals surface area contributed by atoms with Crippen LogP contribution in [0.4, 0.5) is 0 Å². The van der Waals surface area contributed by atoms with Crippen LogP contribution in [-0.4, -0.2) is 42.7 Å². The minimum Gasteiger partial charge on any atom is -0.490 e. The van der Waals surface area contributed by atoms with Gasteiger partial charge in [0, 0.05) is 5.39 Å². The van der Waals surface area contributed by atoms with Crippen LogP contribution < -0.4 is 9.54 Å². The van der Waals surface area contributed by atoms with E-state index in [2.05, 4.69) is 4.99 Å². The van der Waals surface area contributed by atoms with Gasteiger partial charge in [-0.1, -0.05) is 23.5 Å². The van der Waals surface area contributed by atoms with Crippen LogP contribution >= 0.6 is 11.3 Å². The van der Waals surface area contributed by atoms with E-state index in [0.717, 1.165) is 11.3 Å². The first-order valence-corrected chi connectivity index (χ1v) is 11.4. The number of methoxy groups -OCH3 is 1. The molecule has 0 fully saturated rings. The van der Waals surface area contributed by atoms with Crippen molar-refractivity contribution in [2.24, 2.45) is 4.99 Å². The molecule has 0 spiro atoms. The summed E-state index contributed by atoms with van der Waals surface area (Å²) in [4.78, 5) is 41.6. The smallest absolute Gasteiger partial charge is 0.338 e. The van der Waals surface area contributed by atoms with Crippen LogP contribution in [0.3, 0.4) is 0 Å². The molecule has 176 valence electrons. The summed E-state index contributed by atoms with van der Waals surface area (Å²) < 4.78 is 23.4. The van der Waals surface area contributed by atoms with E-state index in [-0.39, 0.29) is 23.7 Å². The normalized spacial score (nSPS) is 11.7. The number of fused-ring (bicyclic) bond motifs is 2. The van der Waals surface area contributed by atoms with Gasteiger partial charge in [0.05, 0.1) is 36.1 Å². The number of hydrogen-bond acceptors (Lipinski definition) is 8. The maximum absolute atomic E-state index is 13.0. The van der Waals surface area contributed by atoms with E-state index in [1.54, 1.807) is 41.8 Å². The standard InChI is InChI=1S/C24H22N2O7S/c1-4-31-17-8-6-7-14-11-18(33-21(14)17)22(28)25-24-26(13-20(27)30-3)16-10-9-15(12-19(16)34-24)23(29)32-5-2/h6-12H,4-5,13H2,1-3H3. The molecule has 0 unspecified atom stereocenters. The topological polar surface area (TPSA) is 109 Å². The number of aromatic nitrogens is 1. The minimum atomic E-state index is -0.616. The van der Waals surface area contributed by atoms with E-state index in [1.807, 2.05) is 19.1 Å². The monoisotopic (exact) mass is 482 g/mol. The van der Waals surface area contributed by atoms with E-state index < -0.39 is 17.8 Å². The molecule has 0 aliphatic rings. The molecule has 2 aromatic carbocycles. The van der Waals surface area contributed by atoms with Gasteiger partial charge in [0.25, 0.3) is 0 Å². The first kappa shape index (κ1) is 23.2. The van der Waals surface area contributed by atoms with Gasteiger partial charge in [-0.2, -0.15) is 4.99 Å². The average molecular weight is 483 g/mol. The Morgan fingerprint density at radius 1 is 1.09 bits per heavy atom. The van der Waals surface area contributed by atoms with Gasteiger partial charge in [0.1, 0.15) is 6.54 Å².